The standard InChI is InChI=1S/C12H15ClN2/c1-8-10-6-9(13)4-5-11(10)15(3)12(8)7-14-2/h4-6,14H,7H2,1-3H3. The molecule has 1 aromatic carbocycles. The molecule has 0 amide bonds. The van der Waals surface area contributed by atoms with Crippen LogP contribution in [0.3, 0.4) is 0 Å². The van der Waals surface area contributed by atoms with E-state index in [-0.39, 0.29) is 0 Å². The molecule has 0 bridgehead atoms. The Morgan fingerprint density at radius 2 is 2.13 bits per heavy atom. The smallest absolute Gasteiger partial charge is 0.0484 e. The topological polar surface area (TPSA) is 17.0 Å². The number of nitrogens with zero attached hydrogens (tertiary/aromatic N) is 1. The van der Waals surface area contributed by atoms with Crippen molar-refractivity contribution in [2.75, 3.05) is 7.05 Å². The highest BCUT2D eigenvalue weighted by molar-refractivity contribution is 6.31. The van der Waals surface area contributed by atoms with Crippen LogP contribution >= 0.6 is 11.6 Å². The molecule has 1 aromatic heterocycles. The zero-order valence-electron chi connectivity index (χ0n) is 9.26. The molecule has 80 valence electrons. The number of hydrogen-bond donors (Lipinski definition) is 1. The summed E-state index contributed by atoms with van der Waals surface area (Å²) >= 11 is 6.00. The molecule has 0 aliphatic carbocycles. The fourth-order valence-corrected chi connectivity index (χ4v) is 2.24. The van der Waals surface area contributed by atoms with Crippen LogP contribution < -0.4 is 5.32 Å². The summed E-state index contributed by atoms with van der Waals surface area (Å²) < 4.78 is 2.22. The number of nitrogens with one attached hydrogen (secondary N) is 1. The predicted octanol–water partition coefficient (Wildman–Crippen LogP) is 2.86. The van der Waals surface area contributed by atoms with Crippen molar-refractivity contribution < 1.29 is 0 Å². The van der Waals surface area contributed by atoms with E-state index in [4.69, 9.17) is 11.6 Å². The Kier molecular flexibility index (Phi) is 2.72. The van der Waals surface area contributed by atoms with Crippen molar-refractivity contribution >= 4 is 22.5 Å². The summed E-state index contributed by atoms with van der Waals surface area (Å²) in [5.41, 5.74) is 3.86. The first-order chi connectivity index (χ1) is 7.15. The van der Waals surface area contributed by atoms with Crippen molar-refractivity contribution in [2.24, 2.45) is 7.05 Å². The molecule has 0 aliphatic rings. The third kappa shape index (κ3) is 1.64. The lowest BCUT2D eigenvalue weighted by Gasteiger charge is -2.03. The van der Waals surface area contributed by atoms with Gasteiger partial charge in [0.15, 0.2) is 0 Å². The Labute approximate surface area is 94.8 Å². The van der Waals surface area contributed by atoms with Crippen LogP contribution in [0.2, 0.25) is 5.02 Å². The molecule has 0 saturated carbocycles. The molecule has 0 spiro atoms. The molecule has 0 atom stereocenters. The van der Waals surface area contributed by atoms with Crippen LogP contribution in [-0.4, -0.2) is 11.6 Å². The van der Waals surface area contributed by atoms with E-state index in [1.165, 1.54) is 22.2 Å². The Bertz CT molecular complexity index is 500. The SMILES string of the molecule is CNCc1c(C)c2cc(Cl)ccc2n1C. The molecule has 2 rings (SSSR count). The van der Waals surface area contributed by atoms with E-state index in [9.17, 15) is 0 Å². The number of aryl methyl sites for hydroxylation is 2. The number of fused-ring (bicyclic) bond motifs is 1. The monoisotopic (exact) mass is 222 g/mol. The van der Waals surface area contributed by atoms with Crippen LogP contribution in [0.25, 0.3) is 10.9 Å². The first kappa shape index (κ1) is 10.5. The van der Waals surface area contributed by atoms with Gasteiger partial charge in [0.2, 0.25) is 0 Å². The van der Waals surface area contributed by atoms with E-state index in [2.05, 4.69) is 29.9 Å². The highest BCUT2D eigenvalue weighted by Crippen LogP contribution is 2.27. The number of rotatable bonds is 2. The quantitative estimate of drug-likeness (QED) is 0.827. The Balaban J connectivity index is 2.73. The molecular formula is C12H15ClN2. The van der Waals surface area contributed by atoms with Crippen LogP contribution in [0.1, 0.15) is 11.3 Å². The van der Waals surface area contributed by atoms with Crippen LogP contribution in [0.4, 0.5) is 0 Å². The van der Waals surface area contributed by atoms with Gasteiger partial charge in [-0.2, -0.15) is 0 Å². The Morgan fingerprint density at radius 1 is 1.40 bits per heavy atom. The molecule has 0 saturated heterocycles. The van der Waals surface area contributed by atoms with E-state index in [0.29, 0.717) is 0 Å². The van der Waals surface area contributed by atoms with E-state index in [1.807, 2.05) is 19.2 Å². The van der Waals surface area contributed by atoms with Crippen molar-refractivity contribution in [3.63, 3.8) is 0 Å². The maximum atomic E-state index is 6.00. The highest BCUT2D eigenvalue weighted by Gasteiger charge is 2.10. The maximum Gasteiger partial charge on any atom is 0.0484 e. The minimum atomic E-state index is 0.798. The summed E-state index contributed by atoms with van der Waals surface area (Å²) in [6, 6.07) is 6.04. The number of aromatic nitrogens is 1. The van der Waals surface area contributed by atoms with Crippen molar-refractivity contribution in [1.82, 2.24) is 9.88 Å². The molecule has 0 aliphatic heterocycles. The molecule has 15 heavy (non-hydrogen) atoms. The lowest BCUT2D eigenvalue weighted by Crippen LogP contribution is -2.10. The van der Waals surface area contributed by atoms with Crippen LogP contribution in [-0.2, 0) is 13.6 Å². The van der Waals surface area contributed by atoms with Gasteiger partial charge < -0.3 is 9.88 Å². The average Bonchev–Trinajstić information content (AvgIpc) is 2.44. The summed E-state index contributed by atoms with van der Waals surface area (Å²) in [6.45, 7) is 3.03. The van der Waals surface area contributed by atoms with Gasteiger partial charge in [0.25, 0.3) is 0 Å². The molecule has 1 N–H and O–H groups in total. The first-order valence-electron chi connectivity index (χ1n) is 5.03. The third-order valence-corrected chi connectivity index (χ3v) is 3.14. The molecule has 0 unspecified atom stereocenters. The van der Waals surface area contributed by atoms with Gasteiger partial charge in [0.1, 0.15) is 0 Å². The second-order valence-corrected chi connectivity index (χ2v) is 4.26. The van der Waals surface area contributed by atoms with Gasteiger partial charge >= 0.3 is 0 Å². The van der Waals surface area contributed by atoms with E-state index >= 15 is 0 Å². The summed E-state index contributed by atoms with van der Waals surface area (Å²) in [6.07, 6.45) is 0. The number of hydrogen-bond acceptors (Lipinski definition) is 1. The lowest BCUT2D eigenvalue weighted by molar-refractivity contribution is 0.739. The molecule has 0 radical (unpaired) electrons. The maximum absolute atomic E-state index is 6.00. The minimum absolute atomic E-state index is 0.798. The fourth-order valence-electron chi connectivity index (χ4n) is 2.07. The number of halogens is 1. The van der Waals surface area contributed by atoms with E-state index in [0.717, 1.165) is 11.6 Å². The normalized spacial score (nSPS) is 11.2. The van der Waals surface area contributed by atoms with Gasteiger partial charge in [-0.3, -0.25) is 0 Å². The zero-order valence-corrected chi connectivity index (χ0v) is 10.0. The summed E-state index contributed by atoms with van der Waals surface area (Å²) in [5, 5.41) is 5.23. The summed E-state index contributed by atoms with van der Waals surface area (Å²) in [5.74, 6) is 0. The van der Waals surface area contributed by atoms with Gasteiger partial charge in [-0.1, -0.05) is 11.6 Å². The van der Waals surface area contributed by atoms with Crippen molar-refractivity contribution in [1.29, 1.82) is 0 Å². The van der Waals surface area contributed by atoms with Gasteiger partial charge in [0.05, 0.1) is 0 Å². The van der Waals surface area contributed by atoms with Crippen molar-refractivity contribution in [2.45, 2.75) is 13.5 Å². The average molecular weight is 223 g/mol. The van der Waals surface area contributed by atoms with E-state index in [1.54, 1.807) is 0 Å². The lowest BCUT2D eigenvalue weighted by atomic mass is 10.1. The fraction of sp³-hybridized carbons (Fsp3) is 0.333. The van der Waals surface area contributed by atoms with Crippen molar-refractivity contribution in [3.05, 3.63) is 34.5 Å². The largest absolute Gasteiger partial charge is 0.346 e. The first-order valence-corrected chi connectivity index (χ1v) is 5.41. The highest BCUT2D eigenvalue weighted by atomic mass is 35.5. The molecule has 2 aromatic rings. The molecule has 1 heterocycles. The Hall–Kier alpha value is -0.990. The zero-order chi connectivity index (χ0) is 11.0. The Morgan fingerprint density at radius 3 is 2.80 bits per heavy atom. The molecular weight excluding hydrogens is 208 g/mol. The van der Waals surface area contributed by atoms with Gasteiger partial charge in [-0.15, -0.1) is 0 Å². The van der Waals surface area contributed by atoms with Gasteiger partial charge in [-0.05, 0) is 37.7 Å². The molecule has 3 heteroatoms. The minimum Gasteiger partial charge on any atom is -0.346 e. The van der Waals surface area contributed by atoms with Crippen LogP contribution in [0.5, 0.6) is 0 Å². The predicted molar refractivity (Wildman–Crippen MR) is 65.4 cm³/mol. The third-order valence-electron chi connectivity index (χ3n) is 2.91. The second kappa shape index (κ2) is 3.87. The van der Waals surface area contributed by atoms with Crippen LogP contribution in [0, 0.1) is 6.92 Å². The van der Waals surface area contributed by atoms with Crippen molar-refractivity contribution in [3.8, 4) is 0 Å². The van der Waals surface area contributed by atoms with E-state index < -0.39 is 0 Å². The summed E-state index contributed by atoms with van der Waals surface area (Å²) in [7, 11) is 4.06. The molecule has 2 nitrogen and oxygen atoms in total. The van der Waals surface area contributed by atoms with Gasteiger partial charge in [0, 0.05) is 35.2 Å². The number of benzene rings is 1. The summed E-state index contributed by atoms with van der Waals surface area (Å²) in [4.78, 5) is 0. The molecule has 0 fully saturated rings. The van der Waals surface area contributed by atoms with Gasteiger partial charge in [-0.25, -0.2) is 0 Å². The second-order valence-electron chi connectivity index (χ2n) is 3.82. The van der Waals surface area contributed by atoms with Crippen LogP contribution in [0.15, 0.2) is 18.2 Å².